The van der Waals surface area contributed by atoms with Crippen molar-refractivity contribution in [1.82, 2.24) is 10.6 Å². The Morgan fingerprint density at radius 2 is 2.05 bits per heavy atom. The van der Waals surface area contributed by atoms with Crippen molar-refractivity contribution in [3.8, 4) is 0 Å². The van der Waals surface area contributed by atoms with Gasteiger partial charge in [0.2, 0.25) is 0 Å². The summed E-state index contributed by atoms with van der Waals surface area (Å²) in [6, 6.07) is -0.736. The minimum atomic E-state index is -0.927. The molecular formula is C13H22N2O4. The molecule has 0 radical (unpaired) electrons. The lowest BCUT2D eigenvalue weighted by Gasteiger charge is -2.21. The van der Waals surface area contributed by atoms with E-state index in [1.165, 1.54) is 0 Å². The van der Waals surface area contributed by atoms with E-state index in [0.717, 1.165) is 12.8 Å². The van der Waals surface area contributed by atoms with E-state index in [4.69, 9.17) is 9.84 Å². The molecule has 0 aromatic heterocycles. The number of rotatable bonds is 5. The normalized spacial score (nSPS) is 28.2. The van der Waals surface area contributed by atoms with Crippen LogP contribution in [0.3, 0.4) is 0 Å². The Morgan fingerprint density at radius 1 is 1.37 bits per heavy atom. The third-order valence-electron chi connectivity index (χ3n) is 4.43. The molecule has 2 amide bonds. The van der Waals surface area contributed by atoms with Crippen LogP contribution in [0.25, 0.3) is 0 Å². The molecule has 108 valence electrons. The lowest BCUT2D eigenvalue weighted by molar-refractivity contribution is -0.142. The minimum absolute atomic E-state index is 0.163. The minimum Gasteiger partial charge on any atom is -0.481 e. The van der Waals surface area contributed by atoms with Crippen LogP contribution >= 0.6 is 0 Å². The average Bonchev–Trinajstić information content (AvgIpc) is 3.00. The van der Waals surface area contributed by atoms with Crippen LogP contribution in [0.4, 0.5) is 4.79 Å². The van der Waals surface area contributed by atoms with E-state index < -0.39 is 17.9 Å². The molecule has 0 bridgehead atoms. The fraction of sp³-hybridized carbons (Fsp3) is 0.846. The van der Waals surface area contributed by atoms with Crippen molar-refractivity contribution in [2.45, 2.75) is 32.7 Å². The van der Waals surface area contributed by atoms with Gasteiger partial charge in [0.25, 0.3) is 0 Å². The summed E-state index contributed by atoms with van der Waals surface area (Å²) in [6.45, 7) is 5.41. The summed E-state index contributed by atoms with van der Waals surface area (Å²) >= 11 is 0. The summed E-state index contributed by atoms with van der Waals surface area (Å²) in [5, 5.41) is 14.5. The average molecular weight is 270 g/mol. The highest BCUT2D eigenvalue weighted by molar-refractivity contribution is 5.77. The zero-order chi connectivity index (χ0) is 14.0. The van der Waals surface area contributed by atoms with Crippen LogP contribution in [0.5, 0.6) is 0 Å². The molecule has 2 rings (SSSR count). The van der Waals surface area contributed by atoms with Gasteiger partial charge in [-0.25, -0.2) is 4.79 Å². The molecule has 19 heavy (non-hydrogen) atoms. The maximum absolute atomic E-state index is 11.8. The van der Waals surface area contributed by atoms with Crippen molar-refractivity contribution in [3.05, 3.63) is 0 Å². The molecular weight excluding hydrogens is 248 g/mol. The van der Waals surface area contributed by atoms with Crippen molar-refractivity contribution >= 4 is 12.0 Å². The molecule has 1 aliphatic heterocycles. The standard InChI is InChI=1S/C13H22N2O4/c1-8(2)13(3-4-13)7-14-12(18)15-10-6-19-5-9(10)11(16)17/h8-10H,3-7H2,1-2H3,(H,16,17)(H2,14,15,18). The third kappa shape index (κ3) is 3.18. The Balaban J connectivity index is 1.77. The van der Waals surface area contributed by atoms with Crippen LogP contribution in [-0.2, 0) is 9.53 Å². The fourth-order valence-electron chi connectivity index (χ4n) is 2.53. The zero-order valence-corrected chi connectivity index (χ0v) is 11.4. The molecule has 1 saturated heterocycles. The van der Waals surface area contributed by atoms with E-state index in [1.807, 2.05) is 0 Å². The Bertz CT molecular complexity index is 366. The molecule has 6 nitrogen and oxygen atoms in total. The lowest BCUT2D eigenvalue weighted by Crippen LogP contribution is -2.48. The molecule has 0 spiro atoms. The summed E-state index contributed by atoms with van der Waals surface area (Å²) in [5.41, 5.74) is 0.246. The first kappa shape index (κ1) is 14.1. The maximum atomic E-state index is 11.8. The van der Waals surface area contributed by atoms with Gasteiger partial charge >= 0.3 is 12.0 Å². The van der Waals surface area contributed by atoms with Crippen LogP contribution in [0, 0.1) is 17.3 Å². The highest BCUT2D eigenvalue weighted by atomic mass is 16.5. The number of amides is 2. The van der Waals surface area contributed by atoms with Crippen LogP contribution < -0.4 is 10.6 Å². The summed E-state index contributed by atoms with van der Waals surface area (Å²) in [5.74, 6) is -1.02. The van der Waals surface area contributed by atoms with E-state index in [9.17, 15) is 9.59 Å². The Hall–Kier alpha value is -1.30. The van der Waals surface area contributed by atoms with Crippen LogP contribution in [-0.4, -0.2) is 42.9 Å². The van der Waals surface area contributed by atoms with Crippen molar-refractivity contribution < 1.29 is 19.4 Å². The van der Waals surface area contributed by atoms with Crippen molar-refractivity contribution in [3.63, 3.8) is 0 Å². The molecule has 1 heterocycles. The summed E-state index contributed by atoms with van der Waals surface area (Å²) in [6.07, 6.45) is 2.30. The molecule has 2 aliphatic rings. The number of nitrogens with one attached hydrogen (secondary N) is 2. The van der Waals surface area contributed by atoms with Crippen LogP contribution in [0.1, 0.15) is 26.7 Å². The number of ether oxygens (including phenoxy) is 1. The molecule has 1 saturated carbocycles. The van der Waals surface area contributed by atoms with E-state index in [-0.39, 0.29) is 24.7 Å². The van der Waals surface area contributed by atoms with Gasteiger partial charge in [-0.1, -0.05) is 13.8 Å². The Morgan fingerprint density at radius 3 is 2.58 bits per heavy atom. The van der Waals surface area contributed by atoms with Crippen LogP contribution in [0.2, 0.25) is 0 Å². The lowest BCUT2D eigenvalue weighted by atomic mass is 9.92. The van der Waals surface area contributed by atoms with Crippen molar-refractivity contribution in [1.29, 1.82) is 0 Å². The molecule has 1 aliphatic carbocycles. The SMILES string of the molecule is CC(C)C1(CNC(=O)NC2COCC2C(=O)O)CC1. The number of carboxylic acid groups (broad SMARTS) is 1. The Kier molecular flexibility index (Phi) is 3.99. The maximum Gasteiger partial charge on any atom is 0.315 e. The molecule has 0 aromatic rings. The predicted molar refractivity (Wildman–Crippen MR) is 68.8 cm³/mol. The number of urea groups is 1. The molecule has 2 atom stereocenters. The van der Waals surface area contributed by atoms with E-state index in [2.05, 4.69) is 24.5 Å². The van der Waals surface area contributed by atoms with Gasteiger partial charge in [-0.2, -0.15) is 0 Å². The van der Waals surface area contributed by atoms with E-state index in [0.29, 0.717) is 12.5 Å². The molecule has 0 aromatic carbocycles. The predicted octanol–water partition coefficient (Wildman–Crippen LogP) is 0.821. The quantitative estimate of drug-likeness (QED) is 0.690. The first-order valence-electron chi connectivity index (χ1n) is 6.79. The number of carbonyl (C=O) groups excluding carboxylic acids is 1. The van der Waals surface area contributed by atoms with E-state index in [1.54, 1.807) is 0 Å². The van der Waals surface area contributed by atoms with Gasteiger partial charge in [-0.3, -0.25) is 4.79 Å². The van der Waals surface area contributed by atoms with Crippen molar-refractivity contribution in [2.75, 3.05) is 19.8 Å². The van der Waals surface area contributed by atoms with Crippen LogP contribution in [0.15, 0.2) is 0 Å². The van der Waals surface area contributed by atoms with Gasteiger partial charge < -0.3 is 20.5 Å². The van der Waals surface area contributed by atoms with Gasteiger partial charge in [0, 0.05) is 6.54 Å². The first-order valence-corrected chi connectivity index (χ1v) is 6.79. The molecule has 6 heteroatoms. The molecule has 3 N–H and O–H groups in total. The molecule has 2 unspecified atom stereocenters. The second-order valence-corrected chi connectivity index (χ2v) is 5.93. The van der Waals surface area contributed by atoms with Gasteiger partial charge in [-0.15, -0.1) is 0 Å². The fourth-order valence-corrected chi connectivity index (χ4v) is 2.53. The smallest absolute Gasteiger partial charge is 0.315 e. The summed E-state index contributed by atoms with van der Waals surface area (Å²) in [7, 11) is 0. The highest BCUT2D eigenvalue weighted by Gasteiger charge is 2.45. The number of aliphatic carboxylic acids is 1. The Labute approximate surface area is 112 Å². The van der Waals surface area contributed by atoms with Gasteiger partial charge in [-0.05, 0) is 24.2 Å². The second kappa shape index (κ2) is 5.36. The van der Waals surface area contributed by atoms with Gasteiger partial charge in [0.05, 0.1) is 19.3 Å². The van der Waals surface area contributed by atoms with Crippen molar-refractivity contribution in [2.24, 2.45) is 17.3 Å². The number of hydrogen-bond acceptors (Lipinski definition) is 3. The topological polar surface area (TPSA) is 87.7 Å². The largest absolute Gasteiger partial charge is 0.481 e. The molecule has 2 fully saturated rings. The van der Waals surface area contributed by atoms with Gasteiger partial charge in [0.1, 0.15) is 5.92 Å². The number of carboxylic acids is 1. The number of hydrogen-bond donors (Lipinski definition) is 3. The van der Waals surface area contributed by atoms with Gasteiger partial charge in [0.15, 0.2) is 0 Å². The summed E-state index contributed by atoms with van der Waals surface area (Å²) in [4.78, 5) is 22.8. The number of carbonyl (C=O) groups is 2. The monoisotopic (exact) mass is 270 g/mol. The summed E-state index contributed by atoms with van der Waals surface area (Å²) < 4.78 is 5.10. The second-order valence-electron chi connectivity index (χ2n) is 5.93. The van der Waals surface area contributed by atoms with E-state index >= 15 is 0 Å². The zero-order valence-electron chi connectivity index (χ0n) is 11.4. The third-order valence-corrected chi connectivity index (χ3v) is 4.43. The highest BCUT2D eigenvalue weighted by Crippen LogP contribution is 2.51. The first-order chi connectivity index (χ1) is 8.94.